The highest BCUT2D eigenvalue weighted by Crippen LogP contribution is 2.30. The Hall–Kier alpha value is -0.900. The number of halogens is 3. The molecule has 2 N–H and O–H groups in total. The van der Waals surface area contributed by atoms with E-state index < -0.39 is 17.0 Å². The molecule has 1 rings (SSSR count). The third kappa shape index (κ3) is 2.56. The van der Waals surface area contributed by atoms with Crippen LogP contribution in [0.25, 0.3) is 0 Å². The first-order valence-corrected chi connectivity index (χ1v) is 4.87. The second-order valence-electron chi connectivity index (χ2n) is 2.59. The highest BCUT2D eigenvalue weighted by atomic mass is 127. The van der Waals surface area contributed by atoms with Gasteiger partial charge in [-0.15, -0.1) is 0 Å². The van der Waals surface area contributed by atoms with E-state index in [0.29, 0.717) is 0 Å². The average molecular weight is 329 g/mol. The molecule has 0 aliphatic heterocycles. The monoisotopic (exact) mass is 329 g/mol. The summed E-state index contributed by atoms with van der Waals surface area (Å²) in [6.07, 6.45) is -2.85. The first kappa shape index (κ1) is 12.2. The van der Waals surface area contributed by atoms with E-state index in [1.165, 1.54) is 22.6 Å². The molecular weight excluding hydrogens is 323 g/mol. The summed E-state index contributed by atoms with van der Waals surface area (Å²) >= 11 is 1.48. The van der Waals surface area contributed by atoms with Gasteiger partial charge in [-0.05, 0) is 22.6 Å². The van der Waals surface area contributed by atoms with Gasteiger partial charge in [-0.25, -0.2) is 13.8 Å². The van der Waals surface area contributed by atoms with E-state index >= 15 is 0 Å². The minimum Gasteiger partial charge on any atom is -0.325 e. The van der Waals surface area contributed by atoms with Crippen molar-refractivity contribution in [1.29, 1.82) is 0 Å². The Morgan fingerprint density at radius 1 is 1.67 bits per heavy atom. The molecule has 0 aromatic carbocycles. The summed E-state index contributed by atoms with van der Waals surface area (Å²) in [6, 6.07) is 1.10. The van der Waals surface area contributed by atoms with Crippen LogP contribution in [0.15, 0.2) is 6.07 Å². The summed E-state index contributed by atoms with van der Waals surface area (Å²) in [5.41, 5.74) is 4.31. The molecule has 0 atom stereocenters. The minimum atomic E-state index is -2.85. The van der Waals surface area contributed by atoms with Crippen molar-refractivity contribution in [1.82, 2.24) is 4.98 Å². The van der Waals surface area contributed by atoms with Crippen molar-refractivity contribution in [2.75, 3.05) is 0 Å². The predicted octanol–water partition coefficient (Wildman–Crippen LogP) is 1.99. The number of rotatable bonds is 3. The molecule has 15 heavy (non-hydrogen) atoms. The Balaban J connectivity index is 3.40. The lowest BCUT2D eigenvalue weighted by Gasteiger charge is -2.05. The van der Waals surface area contributed by atoms with Crippen LogP contribution in [0.3, 0.4) is 0 Å². The van der Waals surface area contributed by atoms with E-state index in [1.807, 2.05) is 0 Å². The van der Waals surface area contributed by atoms with Gasteiger partial charge in [-0.2, -0.15) is 0 Å². The second-order valence-corrected chi connectivity index (χ2v) is 3.67. The van der Waals surface area contributed by atoms with Crippen LogP contribution in [0.5, 0.6) is 0 Å². The number of hydrogen-bond acceptors (Lipinski definition) is 4. The molecule has 82 valence electrons. The first-order valence-electron chi connectivity index (χ1n) is 3.79. The van der Waals surface area contributed by atoms with Crippen molar-refractivity contribution in [3.8, 4) is 0 Å². The molecule has 0 bridgehead atoms. The lowest BCUT2D eigenvalue weighted by atomic mass is 10.2. The molecular formula is C7H6F2IN3O2. The molecule has 0 radical (unpaired) electrons. The molecule has 1 aromatic heterocycles. The number of nitrogens with two attached hydrogens (primary N) is 1. The van der Waals surface area contributed by atoms with E-state index in [1.54, 1.807) is 0 Å². The highest BCUT2D eigenvalue weighted by molar-refractivity contribution is 14.1. The number of nitro groups is 1. The van der Waals surface area contributed by atoms with Crippen LogP contribution in [0, 0.1) is 13.7 Å². The van der Waals surface area contributed by atoms with Crippen molar-refractivity contribution in [3.63, 3.8) is 0 Å². The zero-order valence-electron chi connectivity index (χ0n) is 7.28. The standard InChI is InChI=1S/C7H6F2IN3O2/c8-7(9)6-5(10)4(13(14)15)1-3(2-11)12-6/h1,7H,2,11H2. The van der Waals surface area contributed by atoms with Gasteiger partial charge in [0.1, 0.15) is 9.26 Å². The molecule has 0 spiro atoms. The molecule has 0 saturated carbocycles. The fraction of sp³-hybridized carbons (Fsp3) is 0.286. The average Bonchev–Trinajstić information content (AvgIpc) is 2.17. The van der Waals surface area contributed by atoms with Crippen molar-refractivity contribution >= 4 is 28.3 Å². The molecule has 1 heterocycles. The van der Waals surface area contributed by atoms with Crippen LogP contribution in [0.1, 0.15) is 17.8 Å². The van der Waals surface area contributed by atoms with Gasteiger partial charge in [0.25, 0.3) is 12.1 Å². The van der Waals surface area contributed by atoms with Crippen molar-refractivity contribution < 1.29 is 13.7 Å². The minimum absolute atomic E-state index is 0.0809. The van der Waals surface area contributed by atoms with Crippen LogP contribution in [-0.4, -0.2) is 9.91 Å². The van der Waals surface area contributed by atoms with E-state index in [9.17, 15) is 18.9 Å². The first-order chi connectivity index (χ1) is 6.97. The SMILES string of the molecule is NCc1cc([N+](=O)[O-])c(I)c(C(F)F)n1. The van der Waals surface area contributed by atoms with Gasteiger partial charge < -0.3 is 5.73 Å². The Bertz CT molecular complexity index is 400. The molecule has 5 nitrogen and oxygen atoms in total. The molecule has 0 fully saturated rings. The molecule has 0 amide bonds. The summed E-state index contributed by atoms with van der Waals surface area (Å²) < 4.78 is 24.8. The number of hydrogen-bond donors (Lipinski definition) is 1. The topological polar surface area (TPSA) is 82.0 Å². The second kappa shape index (κ2) is 4.75. The Labute approximate surface area is 97.0 Å². The third-order valence-corrected chi connectivity index (χ3v) is 2.73. The number of nitrogens with zero attached hydrogens (tertiary/aromatic N) is 2. The maximum atomic E-state index is 12.5. The maximum absolute atomic E-state index is 12.5. The van der Waals surface area contributed by atoms with Crippen molar-refractivity contribution in [3.05, 3.63) is 31.1 Å². The lowest BCUT2D eigenvalue weighted by Crippen LogP contribution is -2.07. The number of pyridine rings is 1. The summed E-state index contributed by atoms with van der Waals surface area (Å²) in [7, 11) is 0. The smallest absolute Gasteiger partial charge is 0.286 e. The van der Waals surface area contributed by atoms with Gasteiger partial charge in [0.2, 0.25) is 0 Å². The Morgan fingerprint density at radius 3 is 2.67 bits per heavy atom. The van der Waals surface area contributed by atoms with Crippen LogP contribution in [0.4, 0.5) is 14.5 Å². The van der Waals surface area contributed by atoms with Crippen molar-refractivity contribution in [2.45, 2.75) is 13.0 Å². The summed E-state index contributed by atoms with van der Waals surface area (Å²) in [5, 5.41) is 10.6. The third-order valence-electron chi connectivity index (χ3n) is 1.63. The van der Waals surface area contributed by atoms with E-state index in [2.05, 4.69) is 4.98 Å². The molecule has 0 aliphatic rings. The normalized spacial score (nSPS) is 10.7. The molecule has 0 aliphatic carbocycles. The maximum Gasteiger partial charge on any atom is 0.286 e. The van der Waals surface area contributed by atoms with Gasteiger partial charge in [-0.3, -0.25) is 10.1 Å². The van der Waals surface area contributed by atoms with Gasteiger partial charge >= 0.3 is 0 Å². The predicted molar refractivity (Wildman–Crippen MR) is 56.5 cm³/mol. The highest BCUT2D eigenvalue weighted by Gasteiger charge is 2.23. The van der Waals surface area contributed by atoms with Crippen molar-refractivity contribution in [2.24, 2.45) is 5.73 Å². The number of aromatic nitrogens is 1. The summed E-state index contributed by atoms with van der Waals surface area (Å²) in [6.45, 7) is -0.114. The van der Waals surface area contributed by atoms with Gasteiger partial charge in [0, 0.05) is 12.6 Å². The molecule has 1 aromatic rings. The fourth-order valence-corrected chi connectivity index (χ4v) is 1.68. The molecule has 8 heteroatoms. The van der Waals surface area contributed by atoms with Crippen LogP contribution < -0.4 is 5.73 Å². The van der Waals surface area contributed by atoms with Gasteiger partial charge in [0.05, 0.1) is 10.6 Å². The van der Waals surface area contributed by atoms with E-state index in [-0.39, 0.29) is 21.5 Å². The quantitative estimate of drug-likeness (QED) is 0.522. The van der Waals surface area contributed by atoms with Gasteiger partial charge in [-0.1, -0.05) is 0 Å². The molecule has 0 unspecified atom stereocenters. The summed E-state index contributed by atoms with van der Waals surface area (Å²) in [5.74, 6) is 0. The van der Waals surface area contributed by atoms with Crippen LogP contribution in [-0.2, 0) is 6.54 Å². The Morgan fingerprint density at radius 2 is 2.27 bits per heavy atom. The fourth-order valence-electron chi connectivity index (χ4n) is 0.970. The zero-order valence-corrected chi connectivity index (χ0v) is 9.44. The van der Waals surface area contributed by atoms with Gasteiger partial charge in [0.15, 0.2) is 0 Å². The van der Waals surface area contributed by atoms with E-state index in [0.717, 1.165) is 6.07 Å². The zero-order chi connectivity index (χ0) is 11.6. The Kier molecular flexibility index (Phi) is 3.85. The number of alkyl halides is 2. The van der Waals surface area contributed by atoms with E-state index in [4.69, 9.17) is 5.73 Å². The molecule has 0 saturated heterocycles. The largest absolute Gasteiger partial charge is 0.325 e. The van der Waals surface area contributed by atoms with Crippen LogP contribution >= 0.6 is 22.6 Å². The van der Waals surface area contributed by atoms with Crippen LogP contribution in [0.2, 0.25) is 0 Å². The lowest BCUT2D eigenvalue weighted by molar-refractivity contribution is -0.386. The summed E-state index contributed by atoms with van der Waals surface area (Å²) in [4.78, 5) is 13.4.